The van der Waals surface area contributed by atoms with Crippen molar-refractivity contribution in [1.29, 1.82) is 0 Å². The molecule has 0 aliphatic rings. The maximum absolute atomic E-state index is 5.35. The van der Waals surface area contributed by atoms with Crippen molar-refractivity contribution in [3.8, 4) is 28.5 Å². The van der Waals surface area contributed by atoms with Gasteiger partial charge in [-0.15, -0.1) is 0 Å². The fourth-order valence-corrected chi connectivity index (χ4v) is 7.38. The summed E-state index contributed by atoms with van der Waals surface area (Å²) in [5.74, 6) is 1.55. The van der Waals surface area contributed by atoms with Gasteiger partial charge in [-0.25, -0.2) is 9.97 Å². The van der Waals surface area contributed by atoms with Crippen LogP contribution in [0.2, 0.25) is 0 Å². The smallest absolute Gasteiger partial charge is 0.162 e. The maximum atomic E-state index is 5.35. The van der Waals surface area contributed by atoms with E-state index >= 15 is 0 Å². The summed E-state index contributed by atoms with van der Waals surface area (Å²) in [5.41, 5.74) is 5.19. The Bertz CT molecular complexity index is 2810. The van der Waals surface area contributed by atoms with Crippen LogP contribution in [0.3, 0.4) is 0 Å². The Kier molecular flexibility index (Phi) is 5.57. The van der Waals surface area contributed by atoms with E-state index in [4.69, 9.17) is 9.97 Å². The van der Waals surface area contributed by atoms with Crippen molar-refractivity contribution in [1.82, 2.24) is 14.5 Å². The Labute approximate surface area is 271 Å². The van der Waals surface area contributed by atoms with E-state index in [0.717, 1.165) is 33.7 Å². The van der Waals surface area contributed by atoms with Crippen molar-refractivity contribution in [2.45, 2.75) is 0 Å². The third kappa shape index (κ3) is 4.00. The lowest BCUT2D eigenvalue weighted by Gasteiger charge is -2.14. The number of fused-ring (bicyclic) bond motifs is 10. The summed E-state index contributed by atoms with van der Waals surface area (Å²) in [5, 5.41) is 12.3. The zero-order valence-electron chi connectivity index (χ0n) is 25.4. The second-order valence-corrected chi connectivity index (χ2v) is 12.2. The van der Waals surface area contributed by atoms with Crippen molar-refractivity contribution < 1.29 is 0 Å². The van der Waals surface area contributed by atoms with E-state index in [-0.39, 0.29) is 0 Å². The van der Waals surface area contributed by atoms with Crippen LogP contribution in [-0.2, 0) is 0 Å². The standard InChI is InChI=1S/C44H27N3/c1-2-12-28(13-3-1)40-27-43(47-41-21-11-10-20-37(41)39-24-29-14-4-5-15-30(29)26-42(39)47)46-44(45-40)31-22-23-36-34-18-7-6-16-32(34)33-17-8-9-19-35(33)38(36)25-31/h1-27H. The summed E-state index contributed by atoms with van der Waals surface area (Å²) in [6.45, 7) is 0. The minimum Gasteiger partial charge on any atom is -0.294 e. The van der Waals surface area contributed by atoms with Gasteiger partial charge >= 0.3 is 0 Å². The molecule has 0 spiro atoms. The fourth-order valence-electron chi connectivity index (χ4n) is 7.38. The fraction of sp³-hybridized carbons (Fsp3) is 0. The molecule has 0 unspecified atom stereocenters. The Balaban J connectivity index is 1.28. The molecule has 3 heteroatoms. The number of para-hydroxylation sites is 1. The molecule has 0 radical (unpaired) electrons. The van der Waals surface area contributed by atoms with Crippen molar-refractivity contribution in [3.05, 3.63) is 164 Å². The first-order chi connectivity index (χ1) is 23.3. The summed E-state index contributed by atoms with van der Waals surface area (Å²) in [7, 11) is 0. The molecule has 0 amide bonds. The van der Waals surface area contributed by atoms with Gasteiger partial charge in [0.15, 0.2) is 5.82 Å². The van der Waals surface area contributed by atoms with Crippen molar-refractivity contribution in [3.63, 3.8) is 0 Å². The Hall–Kier alpha value is -6.32. The van der Waals surface area contributed by atoms with Crippen LogP contribution in [0.25, 0.3) is 93.4 Å². The summed E-state index contributed by atoms with van der Waals surface area (Å²) in [6, 6.07) is 58.4. The topological polar surface area (TPSA) is 30.7 Å². The molecule has 3 nitrogen and oxygen atoms in total. The average molecular weight is 598 g/mol. The number of rotatable bonds is 3. The highest BCUT2D eigenvalue weighted by molar-refractivity contribution is 6.25. The molecule has 47 heavy (non-hydrogen) atoms. The lowest BCUT2D eigenvalue weighted by molar-refractivity contribution is 1.05. The van der Waals surface area contributed by atoms with Gasteiger partial charge in [0.1, 0.15) is 5.82 Å². The van der Waals surface area contributed by atoms with Crippen LogP contribution in [0, 0.1) is 0 Å². The van der Waals surface area contributed by atoms with Gasteiger partial charge in [-0.3, -0.25) is 4.57 Å². The lowest BCUT2D eigenvalue weighted by atomic mass is 9.93. The number of benzene rings is 8. The first kappa shape index (κ1) is 26.0. The molecule has 218 valence electrons. The first-order valence-corrected chi connectivity index (χ1v) is 16.0. The molecule has 8 aromatic carbocycles. The quantitative estimate of drug-likeness (QED) is 0.190. The molecule has 0 bridgehead atoms. The highest BCUT2D eigenvalue weighted by Crippen LogP contribution is 2.38. The normalized spacial score (nSPS) is 11.8. The third-order valence-corrected chi connectivity index (χ3v) is 9.55. The minimum atomic E-state index is 0.701. The first-order valence-electron chi connectivity index (χ1n) is 16.0. The Morgan fingerprint density at radius 2 is 0.915 bits per heavy atom. The molecule has 0 fully saturated rings. The number of hydrogen-bond donors (Lipinski definition) is 0. The lowest BCUT2D eigenvalue weighted by Crippen LogP contribution is -2.02. The van der Waals surface area contributed by atoms with Crippen LogP contribution < -0.4 is 0 Å². The molecule has 0 atom stereocenters. The molecule has 10 rings (SSSR count). The second kappa shape index (κ2) is 10.1. The predicted octanol–water partition coefficient (Wildman–Crippen LogP) is 11.5. The monoisotopic (exact) mass is 597 g/mol. The summed E-state index contributed by atoms with van der Waals surface area (Å²) in [4.78, 5) is 10.6. The van der Waals surface area contributed by atoms with E-state index in [2.05, 4.69) is 162 Å². The molecular formula is C44H27N3. The SMILES string of the molecule is c1ccc(-c2cc(-n3c4ccccc4c4cc5ccccc5cc43)nc(-c3ccc4c5ccccc5c5ccccc5c4c3)n2)cc1. The molecule has 0 aliphatic heterocycles. The summed E-state index contributed by atoms with van der Waals surface area (Å²) in [6.07, 6.45) is 0. The van der Waals surface area contributed by atoms with Gasteiger partial charge in [0.05, 0.1) is 16.7 Å². The molecule has 2 aromatic heterocycles. The molecule has 0 aliphatic carbocycles. The van der Waals surface area contributed by atoms with E-state index in [0.29, 0.717) is 5.82 Å². The summed E-state index contributed by atoms with van der Waals surface area (Å²) >= 11 is 0. The van der Waals surface area contributed by atoms with E-state index < -0.39 is 0 Å². The van der Waals surface area contributed by atoms with E-state index in [1.165, 1.54) is 53.9 Å². The van der Waals surface area contributed by atoms with E-state index in [1.807, 2.05) is 6.07 Å². The van der Waals surface area contributed by atoms with Gasteiger partial charge < -0.3 is 0 Å². The predicted molar refractivity (Wildman–Crippen MR) is 197 cm³/mol. The van der Waals surface area contributed by atoms with Crippen LogP contribution >= 0.6 is 0 Å². The van der Waals surface area contributed by atoms with Gasteiger partial charge in [-0.05, 0) is 67.4 Å². The van der Waals surface area contributed by atoms with Crippen LogP contribution in [-0.4, -0.2) is 14.5 Å². The number of hydrogen-bond acceptors (Lipinski definition) is 2. The average Bonchev–Trinajstić information content (AvgIpc) is 3.47. The van der Waals surface area contributed by atoms with E-state index in [9.17, 15) is 0 Å². The van der Waals surface area contributed by atoms with Crippen LogP contribution in [0.5, 0.6) is 0 Å². The largest absolute Gasteiger partial charge is 0.294 e. The van der Waals surface area contributed by atoms with Crippen LogP contribution in [0.4, 0.5) is 0 Å². The number of nitrogens with zero attached hydrogens (tertiary/aromatic N) is 3. The van der Waals surface area contributed by atoms with Crippen LogP contribution in [0.1, 0.15) is 0 Å². The van der Waals surface area contributed by atoms with Gasteiger partial charge in [0.2, 0.25) is 0 Å². The third-order valence-electron chi connectivity index (χ3n) is 9.55. The zero-order chi connectivity index (χ0) is 30.9. The van der Waals surface area contributed by atoms with Crippen molar-refractivity contribution in [2.75, 3.05) is 0 Å². The molecule has 2 heterocycles. The Morgan fingerprint density at radius 1 is 0.340 bits per heavy atom. The number of aromatic nitrogens is 3. The van der Waals surface area contributed by atoms with Crippen molar-refractivity contribution in [2.24, 2.45) is 0 Å². The minimum absolute atomic E-state index is 0.701. The van der Waals surface area contributed by atoms with Crippen molar-refractivity contribution >= 4 is 64.9 Å². The second-order valence-electron chi connectivity index (χ2n) is 12.2. The van der Waals surface area contributed by atoms with Crippen LogP contribution in [0.15, 0.2) is 164 Å². The van der Waals surface area contributed by atoms with Gasteiger partial charge in [-0.2, -0.15) is 0 Å². The maximum Gasteiger partial charge on any atom is 0.162 e. The Morgan fingerprint density at radius 3 is 1.64 bits per heavy atom. The molecule has 0 N–H and O–H groups in total. The highest BCUT2D eigenvalue weighted by Gasteiger charge is 2.18. The highest BCUT2D eigenvalue weighted by atomic mass is 15.1. The van der Waals surface area contributed by atoms with Gasteiger partial charge in [0, 0.05) is 28.0 Å². The zero-order valence-corrected chi connectivity index (χ0v) is 25.4. The molecule has 0 saturated heterocycles. The van der Waals surface area contributed by atoms with Gasteiger partial charge in [-0.1, -0.05) is 133 Å². The van der Waals surface area contributed by atoms with Gasteiger partial charge in [0.25, 0.3) is 0 Å². The molecule has 10 aromatic rings. The molecular weight excluding hydrogens is 571 g/mol. The molecule has 0 saturated carbocycles. The van der Waals surface area contributed by atoms with E-state index in [1.54, 1.807) is 0 Å². The summed E-state index contributed by atoms with van der Waals surface area (Å²) < 4.78 is 2.30.